The highest BCUT2D eigenvalue weighted by Gasteiger charge is 2.08. The van der Waals surface area contributed by atoms with Gasteiger partial charge in [0.15, 0.2) is 0 Å². The molecule has 0 aliphatic carbocycles. The molecule has 1 atom stereocenters. The van der Waals surface area contributed by atoms with Gasteiger partial charge in [-0.2, -0.15) is 0 Å². The van der Waals surface area contributed by atoms with E-state index in [4.69, 9.17) is 4.74 Å². The third-order valence-corrected chi connectivity index (χ3v) is 3.49. The van der Waals surface area contributed by atoms with Crippen molar-refractivity contribution in [3.63, 3.8) is 0 Å². The Labute approximate surface area is 109 Å². The molecule has 0 radical (unpaired) electrons. The Bertz CT molecular complexity index is 133. The van der Waals surface area contributed by atoms with E-state index in [2.05, 4.69) is 20.8 Å². The largest absolute Gasteiger partial charge is 0.381 e. The van der Waals surface area contributed by atoms with Crippen molar-refractivity contribution < 1.29 is 4.74 Å². The van der Waals surface area contributed by atoms with Gasteiger partial charge >= 0.3 is 0 Å². The van der Waals surface area contributed by atoms with Crippen LogP contribution in [0.5, 0.6) is 0 Å². The number of ether oxygens (including phenoxy) is 1. The smallest absolute Gasteiger partial charge is 0.0494 e. The zero-order valence-corrected chi connectivity index (χ0v) is 12.5. The zero-order valence-electron chi connectivity index (χ0n) is 12.5. The van der Waals surface area contributed by atoms with Crippen LogP contribution in [0.1, 0.15) is 85.0 Å². The molecule has 0 rings (SSSR count). The van der Waals surface area contributed by atoms with Crippen LogP contribution in [0, 0.1) is 5.92 Å². The second kappa shape index (κ2) is 14.0. The Balaban J connectivity index is 3.53. The number of rotatable bonds is 13. The first-order chi connectivity index (χ1) is 8.35. The van der Waals surface area contributed by atoms with Gasteiger partial charge in [-0.3, -0.25) is 0 Å². The van der Waals surface area contributed by atoms with Gasteiger partial charge in [-0.15, -0.1) is 0 Å². The average molecular weight is 242 g/mol. The van der Waals surface area contributed by atoms with Gasteiger partial charge in [0, 0.05) is 13.2 Å². The Kier molecular flexibility index (Phi) is 14.0. The van der Waals surface area contributed by atoms with Gasteiger partial charge in [0.05, 0.1) is 0 Å². The molecule has 17 heavy (non-hydrogen) atoms. The molecule has 0 aromatic heterocycles. The SMILES string of the molecule is CCCCCCCC(CCCCC)COCC. The summed E-state index contributed by atoms with van der Waals surface area (Å²) < 4.78 is 5.60. The van der Waals surface area contributed by atoms with Crippen molar-refractivity contribution in [2.75, 3.05) is 13.2 Å². The molecule has 1 unspecified atom stereocenters. The van der Waals surface area contributed by atoms with Crippen LogP contribution in [0.25, 0.3) is 0 Å². The van der Waals surface area contributed by atoms with E-state index in [1.165, 1.54) is 64.2 Å². The monoisotopic (exact) mass is 242 g/mol. The minimum Gasteiger partial charge on any atom is -0.381 e. The summed E-state index contributed by atoms with van der Waals surface area (Å²) in [5, 5.41) is 0. The van der Waals surface area contributed by atoms with E-state index in [1.807, 2.05) is 0 Å². The van der Waals surface area contributed by atoms with Gasteiger partial charge in [0.2, 0.25) is 0 Å². The summed E-state index contributed by atoms with van der Waals surface area (Å²) in [6.45, 7) is 8.53. The fourth-order valence-corrected chi connectivity index (χ4v) is 2.32. The molecular weight excluding hydrogens is 208 g/mol. The van der Waals surface area contributed by atoms with Gasteiger partial charge in [0.25, 0.3) is 0 Å². The lowest BCUT2D eigenvalue weighted by molar-refractivity contribution is 0.101. The third-order valence-electron chi connectivity index (χ3n) is 3.49. The van der Waals surface area contributed by atoms with Crippen molar-refractivity contribution in [2.24, 2.45) is 5.92 Å². The molecule has 0 saturated carbocycles. The quantitative estimate of drug-likeness (QED) is 0.383. The summed E-state index contributed by atoms with van der Waals surface area (Å²) in [4.78, 5) is 0. The predicted octanol–water partition coefficient (Wildman–Crippen LogP) is 5.58. The van der Waals surface area contributed by atoms with Crippen LogP contribution < -0.4 is 0 Å². The first-order valence-corrected chi connectivity index (χ1v) is 7.92. The summed E-state index contributed by atoms with van der Waals surface area (Å²) in [6.07, 6.45) is 13.9. The van der Waals surface area contributed by atoms with Crippen molar-refractivity contribution in [3.05, 3.63) is 0 Å². The molecule has 104 valence electrons. The first kappa shape index (κ1) is 17.0. The molecule has 0 bridgehead atoms. The lowest BCUT2D eigenvalue weighted by atomic mass is 9.95. The summed E-state index contributed by atoms with van der Waals surface area (Å²) in [5.74, 6) is 0.822. The molecule has 1 heteroatoms. The van der Waals surface area contributed by atoms with Crippen molar-refractivity contribution in [3.8, 4) is 0 Å². The highest BCUT2D eigenvalue weighted by atomic mass is 16.5. The molecule has 1 nitrogen and oxygen atoms in total. The molecule has 0 spiro atoms. The van der Waals surface area contributed by atoms with Crippen molar-refractivity contribution in [2.45, 2.75) is 85.0 Å². The molecule has 0 aromatic carbocycles. The van der Waals surface area contributed by atoms with Crippen molar-refractivity contribution >= 4 is 0 Å². The number of hydrogen-bond donors (Lipinski definition) is 0. The summed E-state index contributed by atoms with van der Waals surface area (Å²) in [7, 11) is 0. The van der Waals surface area contributed by atoms with E-state index in [0.717, 1.165) is 19.1 Å². The summed E-state index contributed by atoms with van der Waals surface area (Å²) in [6, 6.07) is 0. The minimum absolute atomic E-state index is 0.822. The van der Waals surface area contributed by atoms with E-state index in [1.54, 1.807) is 0 Å². The molecule has 0 amide bonds. The van der Waals surface area contributed by atoms with Gasteiger partial charge < -0.3 is 4.74 Å². The van der Waals surface area contributed by atoms with Crippen LogP contribution in [-0.2, 0) is 4.74 Å². The maximum Gasteiger partial charge on any atom is 0.0494 e. The van der Waals surface area contributed by atoms with Gasteiger partial charge in [-0.05, 0) is 25.7 Å². The Morgan fingerprint density at radius 3 is 1.82 bits per heavy atom. The molecule has 0 aromatic rings. The molecule has 0 heterocycles. The maximum atomic E-state index is 5.60. The minimum atomic E-state index is 0.822. The molecule has 0 saturated heterocycles. The zero-order chi connectivity index (χ0) is 12.8. The van der Waals surface area contributed by atoms with E-state index in [0.29, 0.717) is 0 Å². The molecule has 0 fully saturated rings. The predicted molar refractivity (Wildman–Crippen MR) is 77.5 cm³/mol. The summed E-state index contributed by atoms with van der Waals surface area (Å²) in [5.41, 5.74) is 0. The second-order valence-electron chi connectivity index (χ2n) is 5.22. The first-order valence-electron chi connectivity index (χ1n) is 7.92. The van der Waals surface area contributed by atoms with E-state index < -0.39 is 0 Å². The standard InChI is InChI=1S/C16H34O/c1-4-7-9-10-12-14-16(15-17-6-3)13-11-8-5-2/h16H,4-15H2,1-3H3. The van der Waals surface area contributed by atoms with Crippen LogP contribution >= 0.6 is 0 Å². The lowest BCUT2D eigenvalue weighted by Gasteiger charge is -2.16. The molecule has 0 aliphatic heterocycles. The average Bonchev–Trinajstić information content (AvgIpc) is 2.35. The van der Waals surface area contributed by atoms with Gasteiger partial charge in [0.1, 0.15) is 0 Å². The Hall–Kier alpha value is -0.0400. The van der Waals surface area contributed by atoms with E-state index in [-0.39, 0.29) is 0 Å². The van der Waals surface area contributed by atoms with E-state index >= 15 is 0 Å². The fourth-order valence-electron chi connectivity index (χ4n) is 2.32. The van der Waals surface area contributed by atoms with Crippen LogP contribution in [0.4, 0.5) is 0 Å². The molecule has 0 aliphatic rings. The molecular formula is C16H34O. The Morgan fingerprint density at radius 2 is 1.24 bits per heavy atom. The van der Waals surface area contributed by atoms with Gasteiger partial charge in [-0.1, -0.05) is 65.2 Å². The van der Waals surface area contributed by atoms with Crippen LogP contribution in [0.15, 0.2) is 0 Å². The highest BCUT2D eigenvalue weighted by Crippen LogP contribution is 2.18. The van der Waals surface area contributed by atoms with Crippen molar-refractivity contribution in [1.82, 2.24) is 0 Å². The summed E-state index contributed by atoms with van der Waals surface area (Å²) >= 11 is 0. The normalized spacial score (nSPS) is 12.9. The van der Waals surface area contributed by atoms with Crippen molar-refractivity contribution in [1.29, 1.82) is 0 Å². The highest BCUT2D eigenvalue weighted by molar-refractivity contribution is 4.60. The van der Waals surface area contributed by atoms with Crippen LogP contribution in [0.2, 0.25) is 0 Å². The van der Waals surface area contributed by atoms with Gasteiger partial charge in [-0.25, -0.2) is 0 Å². The second-order valence-corrected chi connectivity index (χ2v) is 5.22. The van der Waals surface area contributed by atoms with Crippen LogP contribution in [0.3, 0.4) is 0 Å². The molecule has 0 N–H and O–H groups in total. The number of unbranched alkanes of at least 4 members (excludes halogenated alkanes) is 6. The topological polar surface area (TPSA) is 9.23 Å². The van der Waals surface area contributed by atoms with Crippen LogP contribution in [-0.4, -0.2) is 13.2 Å². The fraction of sp³-hybridized carbons (Fsp3) is 1.00. The maximum absolute atomic E-state index is 5.60. The Morgan fingerprint density at radius 1 is 0.706 bits per heavy atom. The van der Waals surface area contributed by atoms with E-state index in [9.17, 15) is 0 Å². The lowest BCUT2D eigenvalue weighted by Crippen LogP contribution is -2.10. The number of hydrogen-bond acceptors (Lipinski definition) is 1. The third kappa shape index (κ3) is 12.2.